The highest BCUT2D eigenvalue weighted by Crippen LogP contribution is 2.08. The molecule has 5 heteroatoms. The van der Waals surface area contributed by atoms with Crippen LogP contribution in [0.15, 0.2) is 18.3 Å². The number of nitrogens with zero attached hydrogens (tertiary/aromatic N) is 3. The number of piperazine rings is 1. The molecule has 1 aromatic rings. The lowest BCUT2D eigenvalue weighted by atomic mass is 10.3. The molecule has 1 fully saturated rings. The van der Waals surface area contributed by atoms with Gasteiger partial charge in [0.2, 0.25) is 5.91 Å². The molecule has 86 valence electrons. The van der Waals surface area contributed by atoms with Crippen LogP contribution < -0.4 is 0 Å². The fourth-order valence-corrected chi connectivity index (χ4v) is 1.78. The quantitative estimate of drug-likeness (QED) is 0.667. The fourth-order valence-electron chi connectivity index (χ4n) is 1.78. The van der Waals surface area contributed by atoms with E-state index in [1.54, 1.807) is 27.5 Å². The highest BCUT2D eigenvalue weighted by atomic mass is 16.2. The topological polar surface area (TPSA) is 45.5 Å². The first-order chi connectivity index (χ1) is 7.59. The minimum absolute atomic E-state index is 0.00573. The van der Waals surface area contributed by atoms with Crippen molar-refractivity contribution in [1.82, 2.24) is 14.4 Å². The van der Waals surface area contributed by atoms with Crippen LogP contribution >= 0.6 is 0 Å². The molecule has 2 rings (SSSR count). The number of hydrogen-bond acceptors (Lipinski definition) is 2. The van der Waals surface area contributed by atoms with Crippen molar-refractivity contribution in [3.8, 4) is 0 Å². The van der Waals surface area contributed by atoms with Crippen molar-refractivity contribution in [3.05, 3.63) is 24.0 Å². The van der Waals surface area contributed by atoms with Gasteiger partial charge in [0.1, 0.15) is 12.2 Å². The van der Waals surface area contributed by atoms with Crippen LogP contribution in [-0.4, -0.2) is 52.9 Å². The van der Waals surface area contributed by atoms with E-state index in [0.717, 1.165) is 0 Å². The first-order valence-corrected chi connectivity index (χ1v) is 5.24. The average molecular weight is 221 g/mol. The number of likely N-dealkylation sites (N-methyl/N-ethyl adjacent to an activating group) is 1. The molecule has 0 atom stereocenters. The van der Waals surface area contributed by atoms with Crippen molar-refractivity contribution in [1.29, 1.82) is 0 Å². The van der Waals surface area contributed by atoms with Crippen LogP contribution in [0.25, 0.3) is 0 Å². The molecule has 0 aromatic carbocycles. The molecule has 16 heavy (non-hydrogen) atoms. The molecule has 0 aliphatic carbocycles. The Morgan fingerprint density at radius 2 is 2.06 bits per heavy atom. The maximum absolute atomic E-state index is 12.1. The van der Waals surface area contributed by atoms with Gasteiger partial charge in [-0.05, 0) is 12.1 Å². The summed E-state index contributed by atoms with van der Waals surface area (Å²) >= 11 is 0. The Hall–Kier alpha value is -1.78. The zero-order valence-corrected chi connectivity index (χ0v) is 9.51. The van der Waals surface area contributed by atoms with E-state index in [1.807, 2.05) is 19.3 Å². The van der Waals surface area contributed by atoms with Gasteiger partial charge in [0, 0.05) is 33.4 Å². The molecule has 0 spiro atoms. The summed E-state index contributed by atoms with van der Waals surface area (Å²) < 4.78 is 1.77. The molecule has 5 nitrogen and oxygen atoms in total. The van der Waals surface area contributed by atoms with Gasteiger partial charge in [0.25, 0.3) is 5.91 Å². The van der Waals surface area contributed by atoms with Gasteiger partial charge >= 0.3 is 0 Å². The molecule has 1 aromatic heterocycles. The van der Waals surface area contributed by atoms with Gasteiger partial charge in [-0.25, -0.2) is 0 Å². The summed E-state index contributed by atoms with van der Waals surface area (Å²) in [4.78, 5) is 26.8. The van der Waals surface area contributed by atoms with Crippen molar-refractivity contribution in [2.24, 2.45) is 7.05 Å². The molecule has 0 unspecified atom stereocenters. The first-order valence-electron chi connectivity index (χ1n) is 5.24. The normalized spacial score (nSPS) is 16.8. The summed E-state index contributed by atoms with van der Waals surface area (Å²) in [5.41, 5.74) is 0.623. The molecule has 0 bridgehead atoms. The van der Waals surface area contributed by atoms with Crippen LogP contribution in [0.5, 0.6) is 0 Å². The van der Waals surface area contributed by atoms with E-state index in [4.69, 9.17) is 0 Å². The largest absolute Gasteiger partial charge is 0.347 e. The third-order valence-corrected chi connectivity index (χ3v) is 2.91. The summed E-state index contributed by atoms with van der Waals surface area (Å²) in [6.07, 6.45) is 1.82. The summed E-state index contributed by atoms with van der Waals surface area (Å²) in [6, 6.07) is 3.59. The van der Waals surface area contributed by atoms with E-state index >= 15 is 0 Å². The van der Waals surface area contributed by atoms with Gasteiger partial charge < -0.3 is 14.4 Å². The zero-order chi connectivity index (χ0) is 11.7. The van der Waals surface area contributed by atoms with Crippen LogP contribution in [0.2, 0.25) is 0 Å². The van der Waals surface area contributed by atoms with Gasteiger partial charge in [-0.3, -0.25) is 9.59 Å². The average Bonchev–Trinajstić information content (AvgIpc) is 2.67. The minimum Gasteiger partial charge on any atom is -0.347 e. The number of carbonyl (C=O) groups excluding carboxylic acids is 2. The van der Waals surface area contributed by atoms with Crippen molar-refractivity contribution in [2.45, 2.75) is 0 Å². The van der Waals surface area contributed by atoms with Gasteiger partial charge in [0.15, 0.2) is 0 Å². The van der Waals surface area contributed by atoms with Crippen molar-refractivity contribution < 1.29 is 9.59 Å². The first kappa shape index (κ1) is 10.7. The highest BCUT2D eigenvalue weighted by molar-refractivity contribution is 5.95. The van der Waals surface area contributed by atoms with E-state index in [1.165, 1.54) is 0 Å². The SMILES string of the molecule is CN1CCN(C(=O)c2cccn2C)CC1=O. The van der Waals surface area contributed by atoms with E-state index in [9.17, 15) is 9.59 Å². The Labute approximate surface area is 94.2 Å². The van der Waals surface area contributed by atoms with Crippen LogP contribution in [0.1, 0.15) is 10.5 Å². The Bertz CT molecular complexity index is 425. The molecular formula is C11H15N3O2. The predicted octanol–water partition coefficient (Wildman–Crippen LogP) is -0.0607. The highest BCUT2D eigenvalue weighted by Gasteiger charge is 2.26. The second kappa shape index (κ2) is 4.00. The molecule has 0 radical (unpaired) electrons. The lowest BCUT2D eigenvalue weighted by Gasteiger charge is -2.31. The monoisotopic (exact) mass is 221 g/mol. The molecule has 1 aliphatic heterocycles. The van der Waals surface area contributed by atoms with E-state index < -0.39 is 0 Å². The van der Waals surface area contributed by atoms with Gasteiger partial charge in [0.05, 0.1) is 0 Å². The fraction of sp³-hybridized carbons (Fsp3) is 0.455. The van der Waals surface area contributed by atoms with Crippen molar-refractivity contribution >= 4 is 11.8 Å². The summed E-state index contributed by atoms with van der Waals surface area (Å²) in [7, 11) is 3.58. The van der Waals surface area contributed by atoms with Crippen LogP contribution in [0.4, 0.5) is 0 Å². The van der Waals surface area contributed by atoms with Gasteiger partial charge in [-0.2, -0.15) is 0 Å². The number of rotatable bonds is 1. The Kier molecular flexibility index (Phi) is 2.68. The third kappa shape index (κ3) is 1.80. The maximum atomic E-state index is 12.1. The third-order valence-electron chi connectivity index (χ3n) is 2.91. The van der Waals surface area contributed by atoms with E-state index in [-0.39, 0.29) is 18.4 Å². The number of carbonyl (C=O) groups is 2. The summed E-state index contributed by atoms with van der Waals surface area (Å²) in [5, 5.41) is 0. The maximum Gasteiger partial charge on any atom is 0.270 e. The molecule has 1 aliphatic rings. The minimum atomic E-state index is -0.0750. The van der Waals surface area contributed by atoms with Crippen molar-refractivity contribution in [3.63, 3.8) is 0 Å². The van der Waals surface area contributed by atoms with E-state index in [2.05, 4.69) is 0 Å². The number of aryl methyl sites for hydroxylation is 1. The number of amides is 2. The van der Waals surface area contributed by atoms with Crippen LogP contribution in [0.3, 0.4) is 0 Å². The number of aromatic nitrogens is 1. The predicted molar refractivity (Wildman–Crippen MR) is 59.0 cm³/mol. The second-order valence-corrected chi connectivity index (χ2v) is 4.05. The molecule has 0 saturated carbocycles. The lowest BCUT2D eigenvalue weighted by molar-refractivity contribution is -0.133. The lowest BCUT2D eigenvalue weighted by Crippen LogP contribution is -2.50. The summed E-state index contributed by atoms with van der Waals surface area (Å²) in [6.45, 7) is 1.39. The summed E-state index contributed by atoms with van der Waals surface area (Å²) in [5.74, 6) is -0.0808. The number of hydrogen-bond donors (Lipinski definition) is 0. The molecule has 0 N–H and O–H groups in total. The van der Waals surface area contributed by atoms with E-state index in [0.29, 0.717) is 18.8 Å². The smallest absolute Gasteiger partial charge is 0.270 e. The molecule has 1 saturated heterocycles. The van der Waals surface area contributed by atoms with Crippen molar-refractivity contribution in [2.75, 3.05) is 26.7 Å². The zero-order valence-electron chi connectivity index (χ0n) is 9.51. The molecule has 2 amide bonds. The second-order valence-electron chi connectivity index (χ2n) is 4.05. The Morgan fingerprint density at radius 1 is 1.31 bits per heavy atom. The van der Waals surface area contributed by atoms with Gasteiger partial charge in [-0.1, -0.05) is 0 Å². The van der Waals surface area contributed by atoms with Crippen LogP contribution in [-0.2, 0) is 11.8 Å². The van der Waals surface area contributed by atoms with Gasteiger partial charge in [-0.15, -0.1) is 0 Å². The molecule has 2 heterocycles. The van der Waals surface area contributed by atoms with Crippen LogP contribution in [0, 0.1) is 0 Å². The standard InChI is InChI=1S/C11H15N3O2/c1-12-5-3-4-9(12)11(16)14-7-6-13(2)10(15)8-14/h3-5H,6-8H2,1-2H3. The molecular weight excluding hydrogens is 206 g/mol. The Balaban J connectivity index is 2.12. The Morgan fingerprint density at radius 3 is 2.62 bits per heavy atom.